The second kappa shape index (κ2) is 15.5. The molecule has 1 aromatic rings. The van der Waals surface area contributed by atoms with Crippen molar-refractivity contribution < 1.29 is 23.9 Å². The Labute approximate surface area is 259 Å². The van der Waals surface area contributed by atoms with Crippen LogP contribution in [0.3, 0.4) is 0 Å². The standard InChI is InChI=1S/C35H60O5Si2/c1-34(2,3)41(7,8)39-28(23-22-27-18-14-13-15-19-27)24-25-30-29(20-16-11-12-17-21-33(37)38)31(36)26-32(30)40-42(9,10)35(4,5)6/h11,13-16,18-19,24-25,28-32,36H,12,17,20-23,26H2,1-10H3,(H,37,38)/t28-,29+,30+,31-,32+/m0/s1. The molecule has 0 bridgehead atoms. The summed E-state index contributed by atoms with van der Waals surface area (Å²) in [6.45, 7) is 22.9. The Morgan fingerprint density at radius 2 is 1.62 bits per heavy atom. The van der Waals surface area contributed by atoms with Crippen LogP contribution in [0.2, 0.25) is 36.3 Å². The van der Waals surface area contributed by atoms with Gasteiger partial charge in [-0.2, -0.15) is 0 Å². The Hall–Kier alpha value is -1.52. The fourth-order valence-corrected chi connectivity index (χ4v) is 7.73. The number of aliphatic hydroxyl groups excluding tert-OH is 1. The van der Waals surface area contributed by atoms with E-state index in [2.05, 4.69) is 122 Å². The molecule has 1 aliphatic rings. The monoisotopic (exact) mass is 616 g/mol. The Morgan fingerprint density at radius 1 is 1.00 bits per heavy atom. The van der Waals surface area contributed by atoms with Gasteiger partial charge in [0.2, 0.25) is 0 Å². The van der Waals surface area contributed by atoms with E-state index in [0.29, 0.717) is 12.8 Å². The minimum absolute atomic E-state index is 0.00965. The van der Waals surface area contributed by atoms with E-state index in [9.17, 15) is 9.90 Å². The molecule has 1 saturated carbocycles. The molecule has 0 saturated heterocycles. The van der Waals surface area contributed by atoms with E-state index in [-0.39, 0.29) is 40.5 Å². The molecule has 2 N–H and O–H groups in total. The number of allylic oxidation sites excluding steroid dienone is 2. The van der Waals surface area contributed by atoms with Crippen LogP contribution in [0.15, 0.2) is 54.6 Å². The number of carboxylic acids is 1. The molecule has 0 aliphatic heterocycles. The Morgan fingerprint density at radius 3 is 2.19 bits per heavy atom. The summed E-state index contributed by atoms with van der Waals surface area (Å²) in [6.07, 6.45) is 13.1. The van der Waals surface area contributed by atoms with Gasteiger partial charge in [-0.3, -0.25) is 4.79 Å². The molecule has 7 heteroatoms. The molecule has 0 amide bonds. The number of carbonyl (C=O) groups is 1. The van der Waals surface area contributed by atoms with Crippen LogP contribution in [0.1, 0.15) is 85.6 Å². The van der Waals surface area contributed by atoms with Crippen LogP contribution in [0.4, 0.5) is 0 Å². The quantitative estimate of drug-likeness (QED) is 0.117. The number of aryl methyl sites for hydroxylation is 1. The maximum Gasteiger partial charge on any atom is 0.303 e. The molecule has 0 heterocycles. The molecule has 1 aromatic carbocycles. The maximum absolute atomic E-state index is 11.3. The van der Waals surface area contributed by atoms with Gasteiger partial charge in [0.1, 0.15) is 0 Å². The van der Waals surface area contributed by atoms with E-state index < -0.39 is 28.7 Å². The van der Waals surface area contributed by atoms with Crippen molar-refractivity contribution in [2.45, 2.75) is 141 Å². The molecule has 5 nitrogen and oxygen atoms in total. The first kappa shape index (κ1) is 36.7. The topological polar surface area (TPSA) is 76.0 Å². The Kier molecular flexibility index (Phi) is 13.5. The predicted molar refractivity (Wildman–Crippen MR) is 181 cm³/mol. The Bertz CT molecular complexity index is 1020. The third-order valence-corrected chi connectivity index (χ3v) is 18.8. The van der Waals surface area contributed by atoms with E-state index in [1.54, 1.807) is 0 Å². The summed E-state index contributed by atoms with van der Waals surface area (Å²) in [5.74, 6) is -0.624. The third kappa shape index (κ3) is 11.2. The Balaban J connectivity index is 2.34. The van der Waals surface area contributed by atoms with Gasteiger partial charge in [-0.05, 0) is 86.3 Å². The molecule has 0 radical (unpaired) electrons. The molecule has 0 spiro atoms. The fraction of sp³-hybridized carbons (Fsp3) is 0.686. The summed E-state index contributed by atoms with van der Waals surface area (Å²) in [5.41, 5.74) is 1.32. The summed E-state index contributed by atoms with van der Waals surface area (Å²) < 4.78 is 13.9. The number of rotatable bonds is 15. The lowest BCUT2D eigenvalue weighted by atomic mass is 9.89. The smallest absolute Gasteiger partial charge is 0.303 e. The van der Waals surface area contributed by atoms with Crippen LogP contribution < -0.4 is 0 Å². The molecule has 238 valence electrons. The van der Waals surface area contributed by atoms with Crippen LogP contribution >= 0.6 is 0 Å². The molecule has 2 rings (SSSR count). The number of hydrogen-bond acceptors (Lipinski definition) is 4. The molecule has 0 aromatic heterocycles. The second-order valence-corrected chi connectivity index (χ2v) is 24.8. The number of carboxylic acid groups (broad SMARTS) is 1. The summed E-state index contributed by atoms with van der Waals surface area (Å²) >= 11 is 0. The van der Waals surface area contributed by atoms with Crippen LogP contribution in [-0.2, 0) is 20.1 Å². The number of unbranched alkanes of at least 4 members (excludes halogenated alkanes) is 1. The van der Waals surface area contributed by atoms with Gasteiger partial charge >= 0.3 is 5.97 Å². The number of aliphatic hydroxyl groups is 1. The molecular weight excluding hydrogens is 557 g/mol. The van der Waals surface area contributed by atoms with Gasteiger partial charge in [0.25, 0.3) is 0 Å². The van der Waals surface area contributed by atoms with Gasteiger partial charge in [-0.1, -0.05) is 96.2 Å². The van der Waals surface area contributed by atoms with Crippen LogP contribution in [-0.4, -0.2) is 51.1 Å². The largest absolute Gasteiger partial charge is 0.481 e. The first-order chi connectivity index (χ1) is 19.3. The third-order valence-electron chi connectivity index (χ3n) is 9.84. The van der Waals surface area contributed by atoms with Crippen molar-refractivity contribution in [3.8, 4) is 0 Å². The van der Waals surface area contributed by atoms with Crippen molar-refractivity contribution in [3.63, 3.8) is 0 Å². The highest BCUT2D eigenvalue weighted by Crippen LogP contribution is 2.44. The van der Waals surface area contributed by atoms with Crippen LogP contribution in [0, 0.1) is 11.8 Å². The average molecular weight is 617 g/mol. The lowest BCUT2D eigenvalue weighted by Crippen LogP contribution is -2.45. The first-order valence-electron chi connectivity index (χ1n) is 16.0. The number of aliphatic carboxylic acids is 1. The molecule has 1 fully saturated rings. The van der Waals surface area contributed by atoms with Gasteiger partial charge in [0.15, 0.2) is 16.6 Å². The van der Waals surface area contributed by atoms with Crippen molar-refractivity contribution >= 4 is 22.6 Å². The number of hydrogen-bond donors (Lipinski definition) is 2. The molecule has 0 unspecified atom stereocenters. The van der Waals surface area contributed by atoms with Gasteiger partial charge in [0, 0.05) is 12.3 Å². The van der Waals surface area contributed by atoms with Gasteiger partial charge in [-0.15, -0.1) is 0 Å². The highest BCUT2D eigenvalue weighted by atomic mass is 28.4. The van der Waals surface area contributed by atoms with Crippen LogP contribution in [0.25, 0.3) is 0 Å². The second-order valence-electron chi connectivity index (χ2n) is 15.3. The summed E-state index contributed by atoms with van der Waals surface area (Å²) in [7, 11) is -4.07. The normalized spacial score (nSPS) is 23.2. The average Bonchev–Trinajstić information content (AvgIpc) is 3.14. The summed E-state index contributed by atoms with van der Waals surface area (Å²) in [5, 5.41) is 20.4. The van der Waals surface area contributed by atoms with E-state index in [0.717, 1.165) is 25.7 Å². The summed E-state index contributed by atoms with van der Waals surface area (Å²) in [6, 6.07) is 10.6. The zero-order valence-corrected chi connectivity index (χ0v) is 30.2. The van der Waals surface area contributed by atoms with E-state index in [4.69, 9.17) is 14.0 Å². The van der Waals surface area contributed by atoms with Crippen molar-refractivity contribution in [1.82, 2.24) is 0 Å². The zero-order valence-electron chi connectivity index (χ0n) is 28.2. The van der Waals surface area contributed by atoms with Crippen molar-refractivity contribution in [2.24, 2.45) is 11.8 Å². The first-order valence-corrected chi connectivity index (χ1v) is 21.8. The molecule has 42 heavy (non-hydrogen) atoms. The minimum Gasteiger partial charge on any atom is -0.481 e. The van der Waals surface area contributed by atoms with Crippen molar-refractivity contribution in [3.05, 3.63) is 60.2 Å². The number of benzene rings is 1. The van der Waals surface area contributed by atoms with Gasteiger partial charge < -0.3 is 19.1 Å². The van der Waals surface area contributed by atoms with Crippen molar-refractivity contribution in [1.29, 1.82) is 0 Å². The van der Waals surface area contributed by atoms with Crippen molar-refractivity contribution in [2.75, 3.05) is 0 Å². The fourth-order valence-electron chi connectivity index (χ4n) is 5.06. The molecule has 5 atom stereocenters. The van der Waals surface area contributed by atoms with Gasteiger partial charge in [0.05, 0.1) is 18.3 Å². The maximum atomic E-state index is 11.3. The lowest BCUT2D eigenvalue weighted by Gasteiger charge is -2.40. The van der Waals surface area contributed by atoms with E-state index >= 15 is 0 Å². The minimum atomic E-state index is -2.05. The highest BCUT2D eigenvalue weighted by Gasteiger charge is 2.47. The van der Waals surface area contributed by atoms with Crippen LogP contribution in [0.5, 0.6) is 0 Å². The van der Waals surface area contributed by atoms with E-state index in [1.807, 2.05) is 0 Å². The zero-order chi connectivity index (χ0) is 31.8. The molecule has 1 aliphatic carbocycles. The van der Waals surface area contributed by atoms with Gasteiger partial charge in [-0.25, -0.2) is 0 Å². The predicted octanol–water partition coefficient (Wildman–Crippen LogP) is 9.15. The SMILES string of the molecule is CC(C)(C)[Si](C)(C)O[C@H](C=C[C@@H]1[C@@H](CC=CCCCC(=O)O)[C@@H](O)C[C@H]1O[Si](C)(C)C(C)(C)C)CCc1ccccc1. The molecular formula is C35H60O5Si2. The summed E-state index contributed by atoms with van der Waals surface area (Å²) in [4.78, 5) is 10.9. The lowest BCUT2D eigenvalue weighted by molar-refractivity contribution is -0.137. The van der Waals surface area contributed by atoms with E-state index in [1.165, 1.54) is 5.56 Å². The highest BCUT2D eigenvalue weighted by molar-refractivity contribution is 6.74.